The zero-order chi connectivity index (χ0) is 12.8. The monoisotopic (exact) mass is 269 g/mol. The minimum atomic E-state index is 0.407. The van der Waals surface area contributed by atoms with Gasteiger partial charge in [-0.2, -0.15) is 0 Å². The normalized spacial score (nSPS) is 21.1. The largest absolute Gasteiger partial charge is 0.376 e. The van der Waals surface area contributed by atoms with Crippen molar-refractivity contribution < 1.29 is 4.74 Å². The van der Waals surface area contributed by atoms with Gasteiger partial charge in [-0.05, 0) is 12.8 Å². The van der Waals surface area contributed by atoms with Crippen LogP contribution in [0.25, 0.3) is 0 Å². The van der Waals surface area contributed by atoms with Crippen molar-refractivity contribution in [2.45, 2.75) is 39.3 Å². The van der Waals surface area contributed by atoms with Crippen molar-refractivity contribution in [1.29, 1.82) is 0 Å². The van der Waals surface area contributed by atoms with Gasteiger partial charge in [-0.25, -0.2) is 4.98 Å². The predicted molar refractivity (Wildman–Crippen MR) is 76.2 cm³/mol. The molecule has 1 fully saturated rings. The van der Waals surface area contributed by atoms with Gasteiger partial charge in [0, 0.05) is 37.3 Å². The quantitative estimate of drug-likeness (QED) is 0.861. The molecule has 102 valence electrons. The molecule has 0 saturated carbocycles. The molecular formula is C13H23N3OS. The lowest BCUT2D eigenvalue weighted by molar-refractivity contribution is -0.0321. The number of thiazole rings is 1. The van der Waals surface area contributed by atoms with Gasteiger partial charge >= 0.3 is 0 Å². The number of ether oxygens (including phenoxy) is 1. The summed E-state index contributed by atoms with van der Waals surface area (Å²) in [5.74, 6) is 0. The molecule has 5 heteroatoms. The Bertz CT molecular complexity index is 356. The smallest absolute Gasteiger partial charge is 0.182 e. The summed E-state index contributed by atoms with van der Waals surface area (Å²) < 4.78 is 5.69. The molecule has 1 aliphatic rings. The lowest BCUT2D eigenvalue weighted by Gasteiger charge is -2.31. The van der Waals surface area contributed by atoms with E-state index in [-0.39, 0.29) is 0 Å². The number of morpholine rings is 1. The molecule has 0 radical (unpaired) electrons. The average Bonchev–Trinajstić information content (AvgIpc) is 2.84. The fourth-order valence-electron chi connectivity index (χ4n) is 2.09. The third kappa shape index (κ3) is 3.93. The molecule has 1 atom stereocenters. The van der Waals surface area contributed by atoms with Gasteiger partial charge < -0.3 is 10.1 Å². The highest BCUT2D eigenvalue weighted by molar-refractivity contribution is 7.15. The highest BCUT2D eigenvalue weighted by Gasteiger charge is 2.19. The first-order chi connectivity index (χ1) is 8.81. The Morgan fingerprint density at radius 1 is 1.56 bits per heavy atom. The molecule has 0 bridgehead atoms. The first-order valence-corrected chi connectivity index (χ1v) is 7.66. The van der Waals surface area contributed by atoms with Crippen molar-refractivity contribution in [3.05, 3.63) is 11.1 Å². The summed E-state index contributed by atoms with van der Waals surface area (Å²) in [5.41, 5.74) is 0. The Labute approximate surface area is 113 Å². The van der Waals surface area contributed by atoms with E-state index in [0.29, 0.717) is 6.10 Å². The Balaban J connectivity index is 1.83. The van der Waals surface area contributed by atoms with Crippen LogP contribution in [0.2, 0.25) is 0 Å². The molecule has 1 N–H and O–H groups in total. The standard InChI is InChI=1S/C13H23N3OS/c1-3-5-14-13-15-8-12(18-13)10-16-6-7-17-11(4-2)9-16/h8,11H,3-7,9-10H2,1-2H3,(H,14,15). The number of hydrogen-bond acceptors (Lipinski definition) is 5. The van der Waals surface area contributed by atoms with Crippen LogP contribution in [0.15, 0.2) is 6.20 Å². The van der Waals surface area contributed by atoms with Crippen LogP contribution in [0, 0.1) is 0 Å². The van der Waals surface area contributed by atoms with Gasteiger partial charge in [-0.3, -0.25) is 4.90 Å². The minimum absolute atomic E-state index is 0.407. The minimum Gasteiger partial charge on any atom is -0.376 e. The van der Waals surface area contributed by atoms with Crippen LogP contribution in [0.1, 0.15) is 31.6 Å². The fraction of sp³-hybridized carbons (Fsp3) is 0.769. The Kier molecular flexibility index (Phi) is 5.41. The Hall–Kier alpha value is -0.650. The molecule has 1 aromatic rings. The zero-order valence-electron chi connectivity index (χ0n) is 11.3. The van der Waals surface area contributed by atoms with Gasteiger partial charge in [0.2, 0.25) is 0 Å². The Morgan fingerprint density at radius 3 is 3.22 bits per heavy atom. The van der Waals surface area contributed by atoms with Crippen molar-refractivity contribution in [3.8, 4) is 0 Å². The number of hydrogen-bond donors (Lipinski definition) is 1. The van der Waals surface area contributed by atoms with Crippen molar-refractivity contribution in [3.63, 3.8) is 0 Å². The van der Waals surface area contributed by atoms with Crippen LogP contribution in [0.3, 0.4) is 0 Å². The molecule has 0 aromatic carbocycles. The average molecular weight is 269 g/mol. The summed E-state index contributed by atoms with van der Waals surface area (Å²) in [4.78, 5) is 8.21. The van der Waals surface area contributed by atoms with E-state index in [9.17, 15) is 0 Å². The first-order valence-electron chi connectivity index (χ1n) is 6.84. The highest BCUT2D eigenvalue weighted by atomic mass is 32.1. The van der Waals surface area contributed by atoms with Crippen LogP contribution >= 0.6 is 11.3 Å². The molecular weight excluding hydrogens is 246 g/mol. The second-order valence-corrected chi connectivity index (χ2v) is 5.81. The lowest BCUT2D eigenvalue weighted by Crippen LogP contribution is -2.41. The van der Waals surface area contributed by atoms with Crippen molar-refractivity contribution in [2.75, 3.05) is 31.6 Å². The highest BCUT2D eigenvalue weighted by Crippen LogP contribution is 2.21. The van der Waals surface area contributed by atoms with Crippen molar-refractivity contribution in [2.24, 2.45) is 0 Å². The van der Waals surface area contributed by atoms with Gasteiger partial charge in [0.25, 0.3) is 0 Å². The molecule has 4 nitrogen and oxygen atoms in total. The van der Waals surface area contributed by atoms with Gasteiger partial charge in [-0.15, -0.1) is 11.3 Å². The fourth-order valence-corrected chi connectivity index (χ4v) is 2.97. The Morgan fingerprint density at radius 2 is 2.44 bits per heavy atom. The molecule has 2 rings (SSSR count). The molecule has 1 aromatic heterocycles. The summed E-state index contributed by atoms with van der Waals surface area (Å²) >= 11 is 1.77. The van der Waals surface area contributed by atoms with E-state index in [1.807, 2.05) is 6.20 Å². The second-order valence-electron chi connectivity index (χ2n) is 4.69. The maximum Gasteiger partial charge on any atom is 0.182 e. The van der Waals surface area contributed by atoms with Gasteiger partial charge in [-0.1, -0.05) is 13.8 Å². The summed E-state index contributed by atoms with van der Waals surface area (Å²) in [6, 6.07) is 0. The summed E-state index contributed by atoms with van der Waals surface area (Å²) in [6.45, 7) is 9.30. The van der Waals surface area contributed by atoms with E-state index in [1.54, 1.807) is 11.3 Å². The van der Waals surface area contributed by atoms with Gasteiger partial charge in [0.05, 0.1) is 12.7 Å². The maximum absolute atomic E-state index is 5.69. The van der Waals surface area contributed by atoms with Crippen LogP contribution in [0.4, 0.5) is 5.13 Å². The third-order valence-corrected chi connectivity index (χ3v) is 4.08. The van der Waals surface area contributed by atoms with Crippen molar-refractivity contribution in [1.82, 2.24) is 9.88 Å². The summed E-state index contributed by atoms with van der Waals surface area (Å²) in [7, 11) is 0. The first kappa shape index (κ1) is 13.8. The molecule has 0 spiro atoms. The van der Waals surface area contributed by atoms with E-state index in [1.165, 1.54) is 4.88 Å². The van der Waals surface area contributed by atoms with E-state index in [0.717, 1.165) is 50.8 Å². The van der Waals surface area contributed by atoms with E-state index in [4.69, 9.17) is 4.74 Å². The number of aromatic nitrogens is 1. The molecule has 1 unspecified atom stereocenters. The van der Waals surface area contributed by atoms with Crippen molar-refractivity contribution >= 4 is 16.5 Å². The zero-order valence-corrected chi connectivity index (χ0v) is 12.1. The second kappa shape index (κ2) is 7.07. The van der Waals surface area contributed by atoms with Crippen LogP contribution in [-0.4, -0.2) is 42.2 Å². The maximum atomic E-state index is 5.69. The van der Waals surface area contributed by atoms with Crippen LogP contribution < -0.4 is 5.32 Å². The number of anilines is 1. The van der Waals surface area contributed by atoms with Crippen LogP contribution in [0.5, 0.6) is 0 Å². The number of rotatable bonds is 6. The van der Waals surface area contributed by atoms with E-state index < -0.39 is 0 Å². The number of nitrogens with zero attached hydrogens (tertiary/aromatic N) is 2. The summed E-state index contributed by atoms with van der Waals surface area (Å²) in [5, 5.41) is 4.38. The lowest BCUT2D eigenvalue weighted by atomic mass is 10.2. The molecule has 2 heterocycles. The van der Waals surface area contributed by atoms with E-state index in [2.05, 4.69) is 29.0 Å². The molecule has 0 aliphatic carbocycles. The molecule has 18 heavy (non-hydrogen) atoms. The molecule has 1 saturated heterocycles. The summed E-state index contributed by atoms with van der Waals surface area (Å²) in [6.07, 6.45) is 4.64. The SMILES string of the molecule is CCCNc1ncc(CN2CCOC(CC)C2)s1. The molecule has 1 aliphatic heterocycles. The van der Waals surface area contributed by atoms with Gasteiger partial charge in [0.15, 0.2) is 5.13 Å². The topological polar surface area (TPSA) is 37.4 Å². The van der Waals surface area contributed by atoms with E-state index >= 15 is 0 Å². The van der Waals surface area contributed by atoms with Gasteiger partial charge in [0.1, 0.15) is 0 Å². The predicted octanol–water partition coefficient (Wildman–Crippen LogP) is 2.58. The van der Waals surface area contributed by atoms with Crippen LogP contribution in [-0.2, 0) is 11.3 Å². The number of nitrogens with one attached hydrogen (secondary N) is 1. The third-order valence-electron chi connectivity index (χ3n) is 3.14. The molecule has 0 amide bonds.